The molecule has 2 rings (SSSR count). The number of pyridine rings is 2. The summed E-state index contributed by atoms with van der Waals surface area (Å²) in [6.07, 6.45) is 2.70. The van der Waals surface area contributed by atoms with Gasteiger partial charge in [0.1, 0.15) is 0 Å². The molecule has 106 valence electrons. The quantitative estimate of drug-likeness (QED) is 0.823. The molecule has 0 aromatic carbocycles. The Bertz CT molecular complexity index is 735. The van der Waals surface area contributed by atoms with Gasteiger partial charge in [-0.2, -0.15) is 0 Å². The van der Waals surface area contributed by atoms with E-state index >= 15 is 0 Å². The Morgan fingerprint density at radius 3 is 2.80 bits per heavy atom. The van der Waals surface area contributed by atoms with Crippen LogP contribution in [0.4, 0.5) is 0 Å². The van der Waals surface area contributed by atoms with Crippen LogP contribution in [0.15, 0.2) is 46.3 Å². The molecule has 0 saturated heterocycles. The molecule has 0 bridgehead atoms. The lowest BCUT2D eigenvalue weighted by atomic mass is 10.3. The average molecular weight is 295 g/mol. The van der Waals surface area contributed by atoms with Crippen molar-refractivity contribution >= 4 is 10.0 Å². The number of nitrogens with zero attached hydrogens (tertiary/aromatic N) is 1. The Kier molecular flexibility index (Phi) is 4.16. The molecule has 0 unspecified atom stereocenters. The molecular weight excluding hydrogens is 282 g/mol. The van der Waals surface area contributed by atoms with Gasteiger partial charge in [0.25, 0.3) is 0 Å². The van der Waals surface area contributed by atoms with Gasteiger partial charge in [0.05, 0.1) is 12.0 Å². The lowest BCUT2D eigenvalue weighted by Crippen LogP contribution is -2.24. The van der Waals surface area contributed by atoms with E-state index in [4.69, 9.17) is 4.74 Å². The molecule has 8 heteroatoms. The molecule has 0 aliphatic rings. The molecule has 2 heterocycles. The third-order valence-electron chi connectivity index (χ3n) is 2.56. The van der Waals surface area contributed by atoms with Gasteiger partial charge < -0.3 is 9.72 Å². The van der Waals surface area contributed by atoms with Gasteiger partial charge in [0.15, 0.2) is 0 Å². The van der Waals surface area contributed by atoms with E-state index in [1.54, 1.807) is 18.3 Å². The largest absolute Gasteiger partial charge is 0.481 e. The highest BCUT2D eigenvalue weighted by Gasteiger charge is 2.15. The zero-order chi connectivity index (χ0) is 14.6. The number of nitrogens with one attached hydrogen (secondary N) is 2. The van der Waals surface area contributed by atoms with E-state index in [2.05, 4.69) is 14.7 Å². The Labute approximate surface area is 115 Å². The van der Waals surface area contributed by atoms with Crippen LogP contribution in [0, 0.1) is 0 Å². The molecule has 0 spiro atoms. The van der Waals surface area contributed by atoms with Crippen molar-refractivity contribution in [3.8, 4) is 5.88 Å². The molecule has 0 amide bonds. The third kappa shape index (κ3) is 3.22. The number of ether oxygens (including phenoxy) is 1. The standard InChI is InChI=1S/C12H13N3O4S/c1-19-12-9(3-2-6-13-12)7-15-20(17,18)10-4-5-11(16)14-8-10/h2-6,8,15H,7H2,1H3,(H,14,16). The van der Waals surface area contributed by atoms with Crippen molar-refractivity contribution in [2.75, 3.05) is 7.11 Å². The normalized spacial score (nSPS) is 11.2. The van der Waals surface area contributed by atoms with E-state index in [-0.39, 0.29) is 17.0 Å². The van der Waals surface area contributed by atoms with Gasteiger partial charge in [-0.05, 0) is 12.1 Å². The number of sulfonamides is 1. The molecule has 0 aliphatic carbocycles. The van der Waals surface area contributed by atoms with Crippen LogP contribution in [-0.4, -0.2) is 25.5 Å². The first kappa shape index (κ1) is 14.2. The maximum atomic E-state index is 12.0. The molecule has 2 N–H and O–H groups in total. The van der Waals surface area contributed by atoms with Gasteiger partial charge in [0.2, 0.25) is 21.5 Å². The minimum absolute atomic E-state index is 0.0139. The zero-order valence-electron chi connectivity index (χ0n) is 10.7. The second kappa shape index (κ2) is 5.85. The first-order chi connectivity index (χ1) is 9.53. The number of hydrogen-bond donors (Lipinski definition) is 2. The smallest absolute Gasteiger partial charge is 0.247 e. The van der Waals surface area contributed by atoms with Gasteiger partial charge in [-0.25, -0.2) is 18.1 Å². The van der Waals surface area contributed by atoms with Crippen LogP contribution in [0.5, 0.6) is 5.88 Å². The van der Waals surface area contributed by atoms with Crippen molar-refractivity contribution < 1.29 is 13.2 Å². The van der Waals surface area contributed by atoms with Crippen LogP contribution >= 0.6 is 0 Å². The Hall–Kier alpha value is -2.19. The lowest BCUT2D eigenvalue weighted by Gasteiger charge is -2.09. The van der Waals surface area contributed by atoms with Crippen LogP contribution in [0.2, 0.25) is 0 Å². The van der Waals surface area contributed by atoms with Crippen molar-refractivity contribution in [3.05, 3.63) is 52.6 Å². The van der Waals surface area contributed by atoms with Gasteiger partial charge in [-0.3, -0.25) is 4.79 Å². The topological polar surface area (TPSA) is 101 Å². The summed E-state index contributed by atoms with van der Waals surface area (Å²) in [5, 5.41) is 0. The molecule has 20 heavy (non-hydrogen) atoms. The Morgan fingerprint density at radius 2 is 2.15 bits per heavy atom. The molecule has 2 aromatic rings. The van der Waals surface area contributed by atoms with Crippen molar-refractivity contribution in [1.82, 2.24) is 14.7 Å². The first-order valence-electron chi connectivity index (χ1n) is 5.69. The first-order valence-corrected chi connectivity index (χ1v) is 7.17. The van der Waals surface area contributed by atoms with Crippen molar-refractivity contribution in [3.63, 3.8) is 0 Å². The average Bonchev–Trinajstić information content (AvgIpc) is 2.46. The molecule has 7 nitrogen and oxygen atoms in total. The monoisotopic (exact) mass is 295 g/mol. The van der Waals surface area contributed by atoms with E-state index in [1.807, 2.05) is 0 Å². The SMILES string of the molecule is COc1ncccc1CNS(=O)(=O)c1ccc(=O)[nH]c1. The number of aromatic amines is 1. The maximum Gasteiger partial charge on any atom is 0.247 e. The summed E-state index contributed by atoms with van der Waals surface area (Å²) in [5.41, 5.74) is 0.251. The van der Waals surface area contributed by atoms with Crippen LogP contribution in [0.1, 0.15) is 5.56 Å². The fourth-order valence-electron chi connectivity index (χ4n) is 1.56. The van der Waals surface area contributed by atoms with E-state index in [9.17, 15) is 13.2 Å². The van der Waals surface area contributed by atoms with E-state index in [0.717, 1.165) is 12.3 Å². The van der Waals surface area contributed by atoms with Gasteiger partial charge in [-0.1, -0.05) is 6.07 Å². The van der Waals surface area contributed by atoms with Crippen molar-refractivity contribution in [2.24, 2.45) is 0 Å². The number of methoxy groups -OCH3 is 1. The zero-order valence-corrected chi connectivity index (χ0v) is 11.5. The molecule has 2 aromatic heterocycles. The molecule has 0 saturated carbocycles. The summed E-state index contributed by atoms with van der Waals surface area (Å²) < 4.78 is 31.5. The highest BCUT2D eigenvalue weighted by atomic mass is 32.2. The van der Waals surface area contributed by atoms with Crippen LogP contribution in [0.25, 0.3) is 0 Å². The minimum atomic E-state index is -3.70. The van der Waals surface area contributed by atoms with Crippen LogP contribution in [0.3, 0.4) is 0 Å². The Morgan fingerprint density at radius 1 is 1.35 bits per heavy atom. The molecule has 0 radical (unpaired) electrons. The van der Waals surface area contributed by atoms with Crippen molar-refractivity contribution in [1.29, 1.82) is 0 Å². The fourth-order valence-corrected chi connectivity index (χ4v) is 2.54. The number of rotatable bonds is 5. The number of H-pyrrole nitrogens is 1. The van der Waals surface area contributed by atoms with E-state index < -0.39 is 10.0 Å². The second-order valence-corrected chi connectivity index (χ2v) is 5.65. The predicted octanol–water partition coefficient (Wildman–Crippen LogP) is 0.257. The second-order valence-electron chi connectivity index (χ2n) is 3.88. The Balaban J connectivity index is 2.17. The summed E-state index contributed by atoms with van der Waals surface area (Å²) in [4.78, 5) is 17.2. The van der Waals surface area contributed by atoms with E-state index in [0.29, 0.717) is 11.4 Å². The van der Waals surface area contributed by atoms with Gasteiger partial charge in [-0.15, -0.1) is 0 Å². The summed E-state index contributed by atoms with van der Waals surface area (Å²) >= 11 is 0. The van der Waals surface area contributed by atoms with Gasteiger partial charge >= 0.3 is 0 Å². The molecular formula is C12H13N3O4S. The summed E-state index contributed by atoms with van der Waals surface area (Å²) in [6.45, 7) is 0.0402. The van der Waals surface area contributed by atoms with Crippen LogP contribution in [-0.2, 0) is 16.6 Å². The number of aromatic nitrogens is 2. The maximum absolute atomic E-state index is 12.0. The minimum Gasteiger partial charge on any atom is -0.481 e. The highest BCUT2D eigenvalue weighted by molar-refractivity contribution is 7.89. The van der Waals surface area contributed by atoms with Gasteiger partial charge in [0, 0.05) is 30.6 Å². The summed E-state index contributed by atoms with van der Waals surface area (Å²) in [6, 6.07) is 5.79. The lowest BCUT2D eigenvalue weighted by molar-refractivity contribution is 0.392. The molecule has 0 aliphatic heterocycles. The molecule has 0 atom stereocenters. The summed E-state index contributed by atoms with van der Waals surface area (Å²) in [7, 11) is -2.24. The highest BCUT2D eigenvalue weighted by Crippen LogP contribution is 2.14. The summed E-state index contributed by atoms with van der Waals surface area (Å²) in [5.74, 6) is 0.358. The van der Waals surface area contributed by atoms with E-state index in [1.165, 1.54) is 13.2 Å². The third-order valence-corrected chi connectivity index (χ3v) is 3.96. The van der Waals surface area contributed by atoms with Crippen LogP contribution < -0.4 is 15.0 Å². The molecule has 0 fully saturated rings. The predicted molar refractivity (Wildman–Crippen MR) is 71.9 cm³/mol. The van der Waals surface area contributed by atoms with Crippen molar-refractivity contribution in [2.45, 2.75) is 11.4 Å². The fraction of sp³-hybridized carbons (Fsp3) is 0.167. The number of hydrogen-bond acceptors (Lipinski definition) is 5.